The van der Waals surface area contributed by atoms with Crippen molar-refractivity contribution in [2.75, 3.05) is 26.4 Å². The summed E-state index contributed by atoms with van der Waals surface area (Å²) in [6.07, 6.45) is 5.75. The van der Waals surface area contributed by atoms with Crippen LogP contribution < -0.4 is 11.2 Å². The van der Waals surface area contributed by atoms with Gasteiger partial charge in [0.15, 0.2) is 6.29 Å². The average Bonchev–Trinajstić information content (AvgIpc) is 2.69. The maximum atomic E-state index is 12.7. The quantitative estimate of drug-likeness (QED) is 0.538. The van der Waals surface area contributed by atoms with Crippen LogP contribution in [0.5, 0.6) is 0 Å². The first-order valence-electron chi connectivity index (χ1n) is 9.98. The smallest absolute Gasteiger partial charge is 0.353 e. The summed E-state index contributed by atoms with van der Waals surface area (Å²) < 4.78 is 36.2. The highest BCUT2D eigenvalue weighted by atomic mass is 31.2. The monoisotopic (exact) mass is 430 g/mol. The van der Waals surface area contributed by atoms with E-state index in [2.05, 4.69) is 4.98 Å². The molecule has 0 bridgehead atoms. The zero-order valence-electron chi connectivity index (χ0n) is 17.3. The van der Waals surface area contributed by atoms with E-state index >= 15 is 0 Å². The van der Waals surface area contributed by atoms with E-state index in [9.17, 15) is 14.2 Å². The first-order valence-corrected chi connectivity index (χ1v) is 11.6. The van der Waals surface area contributed by atoms with Gasteiger partial charge in [-0.05, 0) is 40.0 Å². The Morgan fingerprint density at radius 2 is 2.03 bits per heavy atom. The zero-order chi connectivity index (χ0) is 21.3. The van der Waals surface area contributed by atoms with Crippen molar-refractivity contribution in [2.24, 2.45) is 5.92 Å². The Morgan fingerprint density at radius 3 is 2.66 bits per heavy atom. The molecule has 0 unspecified atom stereocenters. The Bertz CT molecular complexity index is 817. The fraction of sp³-hybridized carbons (Fsp3) is 0.684. The maximum Gasteiger partial charge on any atom is 0.353 e. The van der Waals surface area contributed by atoms with Gasteiger partial charge < -0.3 is 18.5 Å². The van der Waals surface area contributed by atoms with E-state index in [1.807, 2.05) is 0 Å². The van der Waals surface area contributed by atoms with Crippen LogP contribution in [0, 0.1) is 12.8 Å². The van der Waals surface area contributed by atoms with E-state index in [1.54, 1.807) is 26.8 Å². The lowest BCUT2D eigenvalue weighted by Gasteiger charge is -2.25. The van der Waals surface area contributed by atoms with Gasteiger partial charge in [-0.15, -0.1) is 0 Å². The van der Waals surface area contributed by atoms with E-state index in [1.165, 1.54) is 16.6 Å². The van der Waals surface area contributed by atoms with Crippen LogP contribution in [-0.4, -0.2) is 42.3 Å². The number of H-pyrrole nitrogens is 1. The minimum Gasteiger partial charge on any atom is -0.353 e. The van der Waals surface area contributed by atoms with Gasteiger partial charge in [0.2, 0.25) is 0 Å². The van der Waals surface area contributed by atoms with Crippen LogP contribution in [0.25, 0.3) is 0 Å². The molecular formula is C19H31N2O7P. The van der Waals surface area contributed by atoms with Gasteiger partial charge in [0.25, 0.3) is 5.56 Å². The van der Waals surface area contributed by atoms with Crippen molar-refractivity contribution >= 4 is 7.60 Å². The maximum absolute atomic E-state index is 12.7. The van der Waals surface area contributed by atoms with E-state index < -0.39 is 18.8 Å². The summed E-state index contributed by atoms with van der Waals surface area (Å²) in [6, 6.07) is 0. The normalized spacial score (nSPS) is 18.9. The third-order valence-electron chi connectivity index (χ3n) is 4.41. The SMILES string of the molecule is CCOP(=O)(/C=C/[C@H](CO[C@@H]1CCCCO1)Cn1cc(C)c(=O)[nH]c1=O)OCC. The van der Waals surface area contributed by atoms with Crippen LogP contribution in [0.3, 0.4) is 0 Å². The number of ether oxygens (including phenoxy) is 2. The molecule has 0 aromatic carbocycles. The van der Waals surface area contributed by atoms with Crippen molar-refractivity contribution in [3.05, 3.63) is 44.5 Å². The summed E-state index contributed by atoms with van der Waals surface area (Å²) in [7, 11) is -3.38. The Hall–Kier alpha value is -1.51. The predicted octanol–water partition coefficient (Wildman–Crippen LogP) is 2.78. The Balaban J connectivity index is 2.18. The summed E-state index contributed by atoms with van der Waals surface area (Å²) in [5.74, 6) is 1.11. The Morgan fingerprint density at radius 1 is 1.31 bits per heavy atom. The average molecular weight is 430 g/mol. The van der Waals surface area contributed by atoms with Crippen molar-refractivity contribution in [1.82, 2.24) is 9.55 Å². The second-order valence-corrected chi connectivity index (χ2v) is 8.72. The fourth-order valence-corrected chi connectivity index (χ4v) is 4.38. The first kappa shape index (κ1) is 23.8. The van der Waals surface area contributed by atoms with Gasteiger partial charge in [-0.1, -0.05) is 6.08 Å². The second-order valence-electron chi connectivity index (χ2n) is 6.83. The van der Waals surface area contributed by atoms with Crippen LogP contribution in [0.1, 0.15) is 38.7 Å². The van der Waals surface area contributed by atoms with Crippen molar-refractivity contribution in [3.8, 4) is 0 Å². The molecule has 1 aliphatic heterocycles. The molecule has 1 N–H and O–H groups in total. The summed E-state index contributed by atoms with van der Waals surface area (Å²) >= 11 is 0. The lowest BCUT2D eigenvalue weighted by Crippen LogP contribution is -2.33. The molecule has 1 saturated heterocycles. The predicted molar refractivity (Wildman–Crippen MR) is 109 cm³/mol. The minimum atomic E-state index is -3.38. The molecule has 2 heterocycles. The molecule has 0 saturated carbocycles. The number of nitrogens with one attached hydrogen (secondary N) is 1. The van der Waals surface area contributed by atoms with Gasteiger partial charge in [0.05, 0.1) is 19.8 Å². The van der Waals surface area contributed by atoms with Gasteiger partial charge in [0.1, 0.15) is 0 Å². The minimum absolute atomic E-state index is 0.234. The number of nitrogens with zero attached hydrogens (tertiary/aromatic N) is 1. The zero-order valence-corrected chi connectivity index (χ0v) is 18.2. The summed E-state index contributed by atoms with van der Waals surface area (Å²) in [5.41, 5.74) is -0.494. The molecule has 0 amide bonds. The van der Waals surface area contributed by atoms with E-state index in [0.29, 0.717) is 12.2 Å². The van der Waals surface area contributed by atoms with Crippen molar-refractivity contribution in [3.63, 3.8) is 0 Å². The fourth-order valence-electron chi connectivity index (χ4n) is 2.96. The van der Waals surface area contributed by atoms with Crippen LogP contribution >= 0.6 is 7.60 Å². The number of aromatic amines is 1. The summed E-state index contributed by atoms with van der Waals surface area (Å²) in [5, 5.41) is 0. The molecule has 1 fully saturated rings. The van der Waals surface area contributed by atoms with E-state index in [4.69, 9.17) is 18.5 Å². The van der Waals surface area contributed by atoms with Crippen LogP contribution in [0.15, 0.2) is 27.7 Å². The van der Waals surface area contributed by atoms with Gasteiger partial charge in [0, 0.05) is 36.6 Å². The van der Waals surface area contributed by atoms with E-state index in [0.717, 1.165) is 19.3 Å². The molecule has 2 rings (SSSR count). The highest BCUT2D eigenvalue weighted by Gasteiger charge is 2.22. The number of hydrogen-bond donors (Lipinski definition) is 1. The highest BCUT2D eigenvalue weighted by Crippen LogP contribution is 2.49. The van der Waals surface area contributed by atoms with Crippen LogP contribution in [0.4, 0.5) is 0 Å². The molecule has 0 radical (unpaired) electrons. The molecule has 0 spiro atoms. The van der Waals surface area contributed by atoms with Crippen molar-refractivity contribution in [1.29, 1.82) is 0 Å². The number of hydrogen-bond acceptors (Lipinski definition) is 7. The number of aryl methyl sites for hydroxylation is 1. The lowest BCUT2D eigenvalue weighted by atomic mass is 10.1. The topological polar surface area (TPSA) is 109 Å². The molecule has 164 valence electrons. The van der Waals surface area contributed by atoms with Crippen molar-refractivity contribution in [2.45, 2.75) is 52.9 Å². The number of aromatic nitrogens is 2. The molecule has 9 nitrogen and oxygen atoms in total. The Kier molecular flexibility index (Phi) is 9.52. The molecule has 0 aliphatic carbocycles. The second kappa shape index (κ2) is 11.6. The highest BCUT2D eigenvalue weighted by molar-refractivity contribution is 7.57. The standard InChI is InChI=1S/C19H31N2O7P/c1-4-27-29(24,28-5-2)11-9-16(14-26-17-8-6-7-10-25-17)13-21-12-15(3)18(22)20-19(21)23/h9,11-12,16-17H,4-8,10,13-14H2,1-3H3,(H,20,22,23)/b11-9+/t16-,17+/m0/s1. The molecule has 2 atom stereocenters. The summed E-state index contributed by atoms with van der Waals surface area (Å²) in [6.45, 7) is 6.75. The van der Waals surface area contributed by atoms with Crippen LogP contribution in [-0.2, 0) is 29.6 Å². The molecule has 10 heteroatoms. The molecule has 1 aromatic heterocycles. The van der Waals surface area contributed by atoms with Gasteiger partial charge in [-0.3, -0.25) is 18.9 Å². The Labute approximate surface area is 170 Å². The summed E-state index contributed by atoms with van der Waals surface area (Å²) in [4.78, 5) is 26.1. The van der Waals surface area contributed by atoms with Crippen molar-refractivity contribution < 1.29 is 23.1 Å². The molecule has 1 aromatic rings. The first-order chi connectivity index (χ1) is 13.9. The third-order valence-corrected chi connectivity index (χ3v) is 6.19. The third kappa shape index (κ3) is 7.68. The van der Waals surface area contributed by atoms with Gasteiger partial charge in [-0.25, -0.2) is 4.79 Å². The van der Waals surface area contributed by atoms with Gasteiger partial charge >= 0.3 is 13.3 Å². The molecular weight excluding hydrogens is 399 g/mol. The molecule has 29 heavy (non-hydrogen) atoms. The lowest BCUT2D eigenvalue weighted by molar-refractivity contribution is -0.167. The molecule has 1 aliphatic rings. The number of rotatable bonds is 11. The van der Waals surface area contributed by atoms with Gasteiger partial charge in [-0.2, -0.15) is 0 Å². The van der Waals surface area contributed by atoms with Crippen LogP contribution in [0.2, 0.25) is 0 Å². The van der Waals surface area contributed by atoms with E-state index in [-0.39, 0.29) is 38.6 Å². The largest absolute Gasteiger partial charge is 0.353 e.